The summed E-state index contributed by atoms with van der Waals surface area (Å²) >= 11 is 0. The largest absolute Gasteiger partial charge is 0.361 e. The van der Waals surface area contributed by atoms with E-state index in [1.165, 1.54) is 6.20 Å². The monoisotopic (exact) mass is 237 g/mol. The number of aryl methyl sites for hydroxylation is 1. The molecule has 1 aliphatic rings. The molecular weight excluding hydrogens is 218 g/mol. The predicted molar refractivity (Wildman–Crippen MR) is 63.5 cm³/mol. The third-order valence-corrected chi connectivity index (χ3v) is 3.46. The third kappa shape index (κ3) is 2.66. The molecule has 0 aromatic carbocycles. The molecular formula is C12H19N3O2. The molecule has 94 valence electrons. The highest BCUT2D eigenvalue weighted by Crippen LogP contribution is 2.21. The van der Waals surface area contributed by atoms with Crippen LogP contribution < -0.4 is 5.73 Å². The summed E-state index contributed by atoms with van der Waals surface area (Å²) in [6, 6.07) is 0. The van der Waals surface area contributed by atoms with Crippen LogP contribution in [0, 0.1) is 12.8 Å². The van der Waals surface area contributed by atoms with Gasteiger partial charge in [-0.25, -0.2) is 0 Å². The molecule has 0 unspecified atom stereocenters. The maximum Gasteiger partial charge on any atom is 0.259 e. The Hall–Kier alpha value is -1.36. The van der Waals surface area contributed by atoms with E-state index in [0.717, 1.165) is 38.9 Å². The molecule has 5 nitrogen and oxygen atoms in total. The molecule has 2 rings (SSSR count). The van der Waals surface area contributed by atoms with Crippen LogP contribution in [0.1, 0.15) is 35.4 Å². The van der Waals surface area contributed by atoms with Gasteiger partial charge in [0.25, 0.3) is 5.91 Å². The van der Waals surface area contributed by atoms with Gasteiger partial charge in [0, 0.05) is 13.1 Å². The van der Waals surface area contributed by atoms with Gasteiger partial charge in [0.2, 0.25) is 0 Å². The molecule has 5 heteroatoms. The highest BCUT2D eigenvalue weighted by molar-refractivity contribution is 5.94. The molecule has 1 aromatic rings. The zero-order valence-electron chi connectivity index (χ0n) is 10.2. The number of piperidine rings is 1. The summed E-state index contributed by atoms with van der Waals surface area (Å²) in [5.41, 5.74) is 6.14. The summed E-state index contributed by atoms with van der Waals surface area (Å²) in [6.45, 7) is 4.13. The zero-order valence-corrected chi connectivity index (χ0v) is 10.2. The first-order valence-corrected chi connectivity index (χ1v) is 6.13. The third-order valence-electron chi connectivity index (χ3n) is 3.46. The molecule has 0 radical (unpaired) electrons. The Morgan fingerprint density at radius 3 is 2.82 bits per heavy atom. The Morgan fingerprint density at radius 1 is 1.59 bits per heavy atom. The number of hydrogen-bond donors (Lipinski definition) is 1. The van der Waals surface area contributed by atoms with Crippen molar-refractivity contribution in [2.24, 2.45) is 11.7 Å². The van der Waals surface area contributed by atoms with Gasteiger partial charge >= 0.3 is 0 Å². The van der Waals surface area contributed by atoms with Gasteiger partial charge in [0.15, 0.2) is 0 Å². The quantitative estimate of drug-likeness (QED) is 0.857. The van der Waals surface area contributed by atoms with E-state index in [-0.39, 0.29) is 5.91 Å². The van der Waals surface area contributed by atoms with Gasteiger partial charge in [-0.15, -0.1) is 0 Å². The molecule has 0 atom stereocenters. The van der Waals surface area contributed by atoms with Crippen LogP contribution in [0.25, 0.3) is 0 Å². The van der Waals surface area contributed by atoms with E-state index < -0.39 is 0 Å². The van der Waals surface area contributed by atoms with Gasteiger partial charge in [-0.3, -0.25) is 4.79 Å². The number of amides is 1. The summed E-state index contributed by atoms with van der Waals surface area (Å²) in [5.74, 6) is 1.31. The molecule has 1 aromatic heterocycles. The van der Waals surface area contributed by atoms with Gasteiger partial charge < -0.3 is 15.2 Å². The summed E-state index contributed by atoms with van der Waals surface area (Å²) in [6.07, 6.45) is 4.67. The molecule has 1 fully saturated rings. The summed E-state index contributed by atoms with van der Waals surface area (Å²) in [5, 5.41) is 3.64. The molecule has 0 spiro atoms. The fraction of sp³-hybridized carbons (Fsp3) is 0.667. The molecule has 0 aliphatic carbocycles. The van der Waals surface area contributed by atoms with E-state index in [1.807, 2.05) is 4.90 Å². The highest BCUT2D eigenvalue weighted by Gasteiger charge is 2.25. The van der Waals surface area contributed by atoms with Crippen LogP contribution in [0.2, 0.25) is 0 Å². The van der Waals surface area contributed by atoms with Crippen molar-refractivity contribution in [3.8, 4) is 0 Å². The average Bonchev–Trinajstić information content (AvgIpc) is 2.76. The molecule has 0 bridgehead atoms. The number of likely N-dealkylation sites (tertiary alicyclic amines) is 1. The van der Waals surface area contributed by atoms with Crippen LogP contribution in [0.3, 0.4) is 0 Å². The fourth-order valence-electron chi connectivity index (χ4n) is 2.33. The summed E-state index contributed by atoms with van der Waals surface area (Å²) < 4.78 is 4.92. The Kier molecular flexibility index (Phi) is 3.78. The number of hydrogen-bond acceptors (Lipinski definition) is 4. The Bertz CT molecular complexity index is 381. The van der Waals surface area contributed by atoms with E-state index in [4.69, 9.17) is 10.3 Å². The van der Waals surface area contributed by atoms with Gasteiger partial charge in [0.1, 0.15) is 11.3 Å². The SMILES string of the molecule is Cc1oncc1C(=O)N1CCC(CCN)CC1. The summed E-state index contributed by atoms with van der Waals surface area (Å²) in [7, 11) is 0. The minimum atomic E-state index is 0.0370. The second-order valence-corrected chi connectivity index (χ2v) is 4.61. The maximum absolute atomic E-state index is 12.1. The predicted octanol–water partition coefficient (Wildman–Crippen LogP) is 1.18. The van der Waals surface area contributed by atoms with Crippen molar-refractivity contribution in [3.63, 3.8) is 0 Å². The van der Waals surface area contributed by atoms with E-state index in [2.05, 4.69) is 5.16 Å². The van der Waals surface area contributed by atoms with Crippen molar-refractivity contribution in [3.05, 3.63) is 17.5 Å². The lowest BCUT2D eigenvalue weighted by atomic mass is 9.93. The smallest absolute Gasteiger partial charge is 0.259 e. The van der Waals surface area contributed by atoms with Crippen LogP contribution in [-0.4, -0.2) is 35.6 Å². The van der Waals surface area contributed by atoms with Gasteiger partial charge in [-0.05, 0) is 38.6 Å². The van der Waals surface area contributed by atoms with E-state index in [0.29, 0.717) is 17.2 Å². The lowest BCUT2D eigenvalue weighted by Gasteiger charge is -2.31. The molecule has 1 saturated heterocycles. The van der Waals surface area contributed by atoms with Crippen LogP contribution in [0.4, 0.5) is 0 Å². The summed E-state index contributed by atoms with van der Waals surface area (Å²) in [4.78, 5) is 14.0. The van der Waals surface area contributed by atoms with Crippen molar-refractivity contribution in [2.75, 3.05) is 19.6 Å². The minimum Gasteiger partial charge on any atom is -0.361 e. The first kappa shape index (κ1) is 12.1. The van der Waals surface area contributed by atoms with Crippen LogP contribution in [-0.2, 0) is 0 Å². The van der Waals surface area contributed by atoms with Crippen molar-refractivity contribution < 1.29 is 9.32 Å². The topological polar surface area (TPSA) is 72.4 Å². The Labute approximate surface area is 101 Å². The van der Waals surface area contributed by atoms with Crippen molar-refractivity contribution in [1.29, 1.82) is 0 Å². The van der Waals surface area contributed by atoms with Crippen molar-refractivity contribution >= 4 is 5.91 Å². The Morgan fingerprint density at radius 2 is 2.29 bits per heavy atom. The molecule has 2 N–H and O–H groups in total. The number of aromatic nitrogens is 1. The van der Waals surface area contributed by atoms with Crippen molar-refractivity contribution in [1.82, 2.24) is 10.1 Å². The maximum atomic E-state index is 12.1. The lowest BCUT2D eigenvalue weighted by Crippen LogP contribution is -2.38. The van der Waals surface area contributed by atoms with Gasteiger partial charge in [0.05, 0.1) is 6.20 Å². The molecule has 2 heterocycles. The number of nitrogens with zero attached hydrogens (tertiary/aromatic N) is 2. The standard InChI is InChI=1S/C12H19N3O2/c1-9-11(8-14-17-9)12(16)15-6-3-10(2-5-13)4-7-15/h8,10H,2-7,13H2,1H3. The van der Waals surface area contributed by atoms with Crippen LogP contribution in [0.15, 0.2) is 10.7 Å². The van der Waals surface area contributed by atoms with Gasteiger partial charge in [-0.2, -0.15) is 0 Å². The zero-order chi connectivity index (χ0) is 12.3. The van der Waals surface area contributed by atoms with E-state index in [9.17, 15) is 4.79 Å². The molecule has 1 amide bonds. The number of rotatable bonds is 3. The lowest BCUT2D eigenvalue weighted by molar-refractivity contribution is 0.0686. The Balaban J connectivity index is 1.93. The molecule has 17 heavy (non-hydrogen) atoms. The van der Waals surface area contributed by atoms with E-state index in [1.54, 1.807) is 6.92 Å². The minimum absolute atomic E-state index is 0.0370. The van der Waals surface area contributed by atoms with Crippen LogP contribution in [0.5, 0.6) is 0 Å². The van der Waals surface area contributed by atoms with Gasteiger partial charge in [-0.1, -0.05) is 5.16 Å². The fourth-order valence-corrected chi connectivity index (χ4v) is 2.33. The van der Waals surface area contributed by atoms with Crippen molar-refractivity contribution in [2.45, 2.75) is 26.2 Å². The first-order chi connectivity index (χ1) is 8.22. The average molecular weight is 237 g/mol. The first-order valence-electron chi connectivity index (χ1n) is 6.13. The number of carbonyl (C=O) groups is 1. The highest BCUT2D eigenvalue weighted by atomic mass is 16.5. The van der Waals surface area contributed by atoms with E-state index >= 15 is 0 Å². The normalized spacial score (nSPS) is 17.4. The second kappa shape index (κ2) is 5.31. The second-order valence-electron chi connectivity index (χ2n) is 4.61. The molecule has 0 saturated carbocycles. The number of nitrogens with two attached hydrogens (primary N) is 1. The van der Waals surface area contributed by atoms with Crippen LogP contribution >= 0.6 is 0 Å². The number of carbonyl (C=O) groups excluding carboxylic acids is 1. The molecule has 1 aliphatic heterocycles.